The summed E-state index contributed by atoms with van der Waals surface area (Å²) in [5.41, 5.74) is 2.47. The van der Waals surface area contributed by atoms with Crippen LogP contribution in [0.5, 0.6) is 0 Å². The normalized spacial score (nSPS) is 10.8. The maximum absolute atomic E-state index is 8.90. The fourth-order valence-electron chi connectivity index (χ4n) is 3.15. The van der Waals surface area contributed by atoms with Gasteiger partial charge in [-0.25, -0.2) is 0 Å². The summed E-state index contributed by atoms with van der Waals surface area (Å²) in [5, 5.41) is 22.6. The van der Waals surface area contributed by atoms with Crippen LogP contribution in [0.3, 0.4) is 0 Å². The van der Waals surface area contributed by atoms with Gasteiger partial charge in [0.15, 0.2) is 0 Å². The van der Waals surface area contributed by atoms with Gasteiger partial charge in [0.2, 0.25) is 0 Å². The molecule has 4 N–H and O–H groups in total. The van der Waals surface area contributed by atoms with Crippen LogP contribution in [0.2, 0.25) is 0 Å². The largest absolute Gasteiger partial charge is 0.400 e. The number of nitrogens with zero attached hydrogens (tertiary/aromatic N) is 1. The third-order valence-electron chi connectivity index (χ3n) is 5.19. The number of hydrogen-bond acceptors (Lipinski definition) is 5. The van der Waals surface area contributed by atoms with Crippen molar-refractivity contribution in [3.8, 4) is 12.3 Å². The topological polar surface area (TPSA) is 67.8 Å². The summed E-state index contributed by atoms with van der Waals surface area (Å²) in [6, 6.07) is 0. The zero-order valence-corrected chi connectivity index (χ0v) is 21.7. The number of aliphatic hydroxyl groups is 2. The van der Waals surface area contributed by atoms with Gasteiger partial charge in [-0.05, 0) is 66.1 Å². The molecule has 0 rings (SSSR count). The highest BCUT2D eigenvalue weighted by Crippen LogP contribution is 2.08. The van der Waals surface area contributed by atoms with E-state index in [1.807, 2.05) is 7.05 Å². The molecule has 0 amide bonds. The second kappa shape index (κ2) is 31.0. The smallest absolute Gasteiger partial charge is 0.0431 e. The average Bonchev–Trinajstić information content (AvgIpc) is 2.79. The van der Waals surface area contributed by atoms with Crippen molar-refractivity contribution in [3.05, 3.63) is 11.4 Å². The first-order valence-corrected chi connectivity index (χ1v) is 12.3. The molecule has 0 atom stereocenters. The summed E-state index contributed by atoms with van der Waals surface area (Å²) in [6.45, 7) is 13.2. The SMILES string of the molecule is C#CC.CCCCCCCCN(CCCCCCO)CCCN/C(C)=C(/C)NC.CO. The van der Waals surface area contributed by atoms with Crippen LogP contribution >= 0.6 is 0 Å². The van der Waals surface area contributed by atoms with Gasteiger partial charge in [0, 0.05) is 38.7 Å². The molecule has 0 aliphatic rings. The highest BCUT2D eigenvalue weighted by atomic mass is 16.3. The van der Waals surface area contributed by atoms with Gasteiger partial charge in [0.1, 0.15) is 0 Å². The quantitative estimate of drug-likeness (QED) is 0.170. The van der Waals surface area contributed by atoms with E-state index < -0.39 is 0 Å². The molecule has 0 unspecified atom stereocenters. The predicted molar refractivity (Wildman–Crippen MR) is 138 cm³/mol. The molecule has 0 aliphatic heterocycles. The second-order valence-electron chi connectivity index (χ2n) is 7.82. The fourth-order valence-corrected chi connectivity index (χ4v) is 3.15. The van der Waals surface area contributed by atoms with Crippen LogP contribution in [-0.2, 0) is 0 Å². The molecule has 5 nitrogen and oxygen atoms in total. The second-order valence-corrected chi connectivity index (χ2v) is 7.82. The molecule has 0 saturated heterocycles. The van der Waals surface area contributed by atoms with Gasteiger partial charge in [-0.15, -0.1) is 12.3 Å². The zero-order valence-electron chi connectivity index (χ0n) is 21.7. The van der Waals surface area contributed by atoms with Gasteiger partial charge in [-0.3, -0.25) is 0 Å². The third-order valence-corrected chi connectivity index (χ3v) is 5.19. The Hall–Kier alpha value is -1.22. The monoisotopic (exact) mass is 441 g/mol. The minimum absolute atomic E-state index is 0.339. The first-order chi connectivity index (χ1) is 15.1. The Labute approximate surface area is 195 Å². The lowest BCUT2D eigenvalue weighted by atomic mass is 10.1. The first kappa shape index (κ1) is 34.4. The lowest BCUT2D eigenvalue weighted by Crippen LogP contribution is -2.29. The van der Waals surface area contributed by atoms with E-state index in [1.54, 1.807) is 6.92 Å². The van der Waals surface area contributed by atoms with Gasteiger partial charge in [-0.1, -0.05) is 51.9 Å². The summed E-state index contributed by atoms with van der Waals surface area (Å²) < 4.78 is 0. The highest BCUT2D eigenvalue weighted by molar-refractivity contribution is 5.04. The first-order valence-electron chi connectivity index (χ1n) is 12.3. The molecule has 0 radical (unpaired) electrons. The predicted octanol–water partition coefficient (Wildman–Crippen LogP) is 4.90. The standard InChI is InChI=1S/C22H47N3O.C3H4.CH4O/c1-5-6-7-8-9-12-17-25(18-13-10-11-14-20-26)19-15-16-24-22(3)21(2)23-4;1-3-2;1-2/h23-24,26H,5-20H2,1-4H3;1H,2H3;2H,1H3/b22-21-;;. The number of unbranched alkanes of at least 4 members (excludes halogenated alkanes) is 8. The molecule has 0 saturated carbocycles. The molecule has 0 aromatic carbocycles. The van der Waals surface area contributed by atoms with Crippen molar-refractivity contribution in [2.75, 3.05) is 46.9 Å². The molecule has 0 bridgehead atoms. The maximum Gasteiger partial charge on any atom is 0.0431 e. The summed E-state index contributed by atoms with van der Waals surface area (Å²) >= 11 is 0. The lowest BCUT2D eigenvalue weighted by molar-refractivity contribution is 0.251. The summed E-state index contributed by atoms with van der Waals surface area (Å²) in [5.74, 6) is 2.25. The van der Waals surface area contributed by atoms with Crippen molar-refractivity contribution < 1.29 is 10.2 Å². The molecule has 0 fully saturated rings. The Bertz CT molecular complexity index is 406. The molecule has 0 aromatic heterocycles. The fraction of sp³-hybridized carbons (Fsp3) is 0.846. The van der Waals surface area contributed by atoms with Gasteiger partial charge >= 0.3 is 0 Å². The molecule has 0 spiro atoms. The van der Waals surface area contributed by atoms with E-state index in [0.29, 0.717) is 6.61 Å². The molecular weight excluding hydrogens is 386 g/mol. The van der Waals surface area contributed by atoms with E-state index in [4.69, 9.17) is 10.2 Å². The highest BCUT2D eigenvalue weighted by Gasteiger charge is 2.05. The van der Waals surface area contributed by atoms with Crippen LogP contribution in [-0.4, -0.2) is 62.1 Å². The van der Waals surface area contributed by atoms with Crippen molar-refractivity contribution in [1.29, 1.82) is 0 Å². The maximum atomic E-state index is 8.90. The summed E-state index contributed by atoms with van der Waals surface area (Å²) in [7, 11) is 2.97. The van der Waals surface area contributed by atoms with Crippen molar-refractivity contribution in [2.24, 2.45) is 0 Å². The zero-order chi connectivity index (χ0) is 24.2. The van der Waals surface area contributed by atoms with Gasteiger partial charge < -0.3 is 25.7 Å². The number of nitrogens with one attached hydrogen (secondary N) is 2. The molecule has 5 heteroatoms. The molecule has 0 aromatic rings. The van der Waals surface area contributed by atoms with E-state index in [9.17, 15) is 0 Å². The Balaban J connectivity index is -0.00000143. The van der Waals surface area contributed by atoms with E-state index >= 15 is 0 Å². The van der Waals surface area contributed by atoms with Crippen LogP contribution in [0.25, 0.3) is 0 Å². The Morgan fingerprint density at radius 3 is 1.74 bits per heavy atom. The number of allylic oxidation sites excluding steroid dienone is 2. The molecular formula is C26H55N3O2. The number of aliphatic hydroxyl groups excluding tert-OH is 2. The van der Waals surface area contributed by atoms with E-state index in [1.165, 1.54) is 88.8 Å². The van der Waals surface area contributed by atoms with Crippen LogP contribution < -0.4 is 10.6 Å². The minimum atomic E-state index is 0.339. The lowest BCUT2D eigenvalue weighted by Gasteiger charge is -2.23. The van der Waals surface area contributed by atoms with Gasteiger partial charge in [-0.2, -0.15) is 0 Å². The van der Waals surface area contributed by atoms with Crippen molar-refractivity contribution in [2.45, 2.75) is 98.3 Å². The van der Waals surface area contributed by atoms with Crippen molar-refractivity contribution in [1.82, 2.24) is 15.5 Å². The Morgan fingerprint density at radius 1 is 0.806 bits per heavy atom. The molecule has 31 heavy (non-hydrogen) atoms. The van der Waals surface area contributed by atoms with Gasteiger partial charge in [0.05, 0.1) is 0 Å². The van der Waals surface area contributed by atoms with Crippen molar-refractivity contribution >= 4 is 0 Å². The van der Waals surface area contributed by atoms with E-state index in [0.717, 1.165) is 26.5 Å². The number of rotatable bonds is 19. The summed E-state index contributed by atoms with van der Waals surface area (Å²) in [6.07, 6.45) is 18.6. The molecule has 0 aliphatic carbocycles. The van der Waals surface area contributed by atoms with Crippen LogP contribution in [0.1, 0.15) is 98.3 Å². The minimum Gasteiger partial charge on any atom is -0.400 e. The molecule has 0 heterocycles. The Morgan fingerprint density at radius 2 is 1.26 bits per heavy atom. The third kappa shape index (κ3) is 28.8. The van der Waals surface area contributed by atoms with E-state index in [-0.39, 0.29) is 0 Å². The van der Waals surface area contributed by atoms with Crippen LogP contribution in [0, 0.1) is 12.3 Å². The van der Waals surface area contributed by atoms with Crippen molar-refractivity contribution in [3.63, 3.8) is 0 Å². The van der Waals surface area contributed by atoms with Crippen LogP contribution in [0.4, 0.5) is 0 Å². The summed E-state index contributed by atoms with van der Waals surface area (Å²) in [4.78, 5) is 2.66. The molecule has 186 valence electrons. The number of hydrogen-bond donors (Lipinski definition) is 4. The Kier molecular flexibility index (Phi) is 34.4. The van der Waals surface area contributed by atoms with Crippen LogP contribution in [0.15, 0.2) is 11.4 Å². The average molecular weight is 442 g/mol. The van der Waals surface area contributed by atoms with Gasteiger partial charge in [0.25, 0.3) is 0 Å². The number of terminal acetylenes is 1. The van der Waals surface area contributed by atoms with E-state index in [2.05, 4.69) is 48.6 Å².